The van der Waals surface area contributed by atoms with Crippen LogP contribution >= 0.6 is 0 Å². The van der Waals surface area contributed by atoms with Crippen LogP contribution in [0.1, 0.15) is 33.6 Å². The van der Waals surface area contributed by atoms with E-state index in [9.17, 15) is 5.11 Å². The van der Waals surface area contributed by atoms with Gasteiger partial charge in [-0.2, -0.15) is 0 Å². The third-order valence-corrected chi connectivity index (χ3v) is 2.58. The molecule has 0 aromatic heterocycles. The maximum atomic E-state index is 9.89. The average Bonchev–Trinajstić information content (AvgIpc) is 2.09. The molecule has 2 atom stereocenters. The number of hydrogen-bond donors (Lipinski definition) is 1. The van der Waals surface area contributed by atoms with Gasteiger partial charge in [-0.25, -0.2) is 0 Å². The Morgan fingerprint density at radius 3 is 2.60 bits per heavy atom. The van der Waals surface area contributed by atoms with E-state index in [4.69, 9.17) is 0 Å². The normalized spacial score (nSPS) is 40.0. The zero-order valence-electron chi connectivity index (χ0n) is 7.02. The molecule has 1 aliphatic rings. The maximum Gasteiger partial charge on any atom is 0.0741 e. The Balaban J connectivity index is 2.70. The monoisotopic (exact) mass is 140 g/mol. The molecule has 1 heteroatoms. The van der Waals surface area contributed by atoms with E-state index < -0.39 is 5.60 Å². The molecule has 58 valence electrons. The molecule has 0 aliphatic heterocycles. The van der Waals surface area contributed by atoms with Crippen LogP contribution in [0.3, 0.4) is 0 Å². The molecule has 1 nitrogen and oxygen atoms in total. The van der Waals surface area contributed by atoms with Gasteiger partial charge in [-0.3, -0.25) is 0 Å². The van der Waals surface area contributed by atoms with Crippen molar-refractivity contribution in [3.05, 3.63) is 11.6 Å². The van der Waals surface area contributed by atoms with E-state index >= 15 is 0 Å². The largest absolute Gasteiger partial charge is 0.389 e. The van der Waals surface area contributed by atoms with Crippen LogP contribution in [0.25, 0.3) is 0 Å². The fourth-order valence-electron chi connectivity index (χ4n) is 1.73. The van der Waals surface area contributed by atoms with Crippen LogP contribution < -0.4 is 0 Å². The van der Waals surface area contributed by atoms with Crippen molar-refractivity contribution < 1.29 is 5.11 Å². The van der Waals surface area contributed by atoms with Crippen LogP contribution in [0.15, 0.2) is 11.6 Å². The lowest BCUT2D eigenvalue weighted by Gasteiger charge is -2.25. The molecule has 10 heavy (non-hydrogen) atoms. The van der Waals surface area contributed by atoms with Crippen molar-refractivity contribution in [2.45, 2.75) is 39.2 Å². The Hall–Kier alpha value is -0.300. The Kier molecular flexibility index (Phi) is 1.86. The van der Waals surface area contributed by atoms with Crippen molar-refractivity contribution in [2.24, 2.45) is 5.92 Å². The number of hydrogen-bond acceptors (Lipinski definition) is 1. The SMILES string of the molecule is CCC1(O)CC(C)=CC1C. The summed E-state index contributed by atoms with van der Waals surface area (Å²) in [5.41, 5.74) is 0.904. The summed E-state index contributed by atoms with van der Waals surface area (Å²) in [6.07, 6.45) is 3.90. The molecular formula is C9H16O. The van der Waals surface area contributed by atoms with Gasteiger partial charge in [-0.05, 0) is 19.8 Å². The van der Waals surface area contributed by atoms with E-state index in [0.29, 0.717) is 5.92 Å². The minimum absolute atomic E-state index is 0.345. The summed E-state index contributed by atoms with van der Waals surface area (Å²) in [6.45, 7) is 6.22. The number of rotatable bonds is 1. The van der Waals surface area contributed by atoms with Crippen molar-refractivity contribution in [1.82, 2.24) is 0 Å². The summed E-state index contributed by atoms with van der Waals surface area (Å²) in [5.74, 6) is 0.345. The van der Waals surface area contributed by atoms with Crippen molar-refractivity contribution in [3.8, 4) is 0 Å². The molecule has 1 N–H and O–H groups in total. The minimum atomic E-state index is -0.427. The van der Waals surface area contributed by atoms with Gasteiger partial charge in [0.05, 0.1) is 5.60 Å². The molecule has 0 heterocycles. The topological polar surface area (TPSA) is 20.2 Å². The molecular weight excluding hydrogens is 124 g/mol. The summed E-state index contributed by atoms with van der Waals surface area (Å²) >= 11 is 0. The summed E-state index contributed by atoms with van der Waals surface area (Å²) < 4.78 is 0. The second-order valence-corrected chi connectivity index (χ2v) is 3.44. The van der Waals surface area contributed by atoms with Gasteiger partial charge in [0.15, 0.2) is 0 Å². The van der Waals surface area contributed by atoms with E-state index in [2.05, 4.69) is 19.9 Å². The molecule has 2 unspecified atom stereocenters. The second kappa shape index (κ2) is 2.39. The molecule has 0 fully saturated rings. The highest BCUT2D eigenvalue weighted by Gasteiger charge is 2.34. The predicted molar refractivity (Wildman–Crippen MR) is 42.8 cm³/mol. The van der Waals surface area contributed by atoms with Gasteiger partial charge in [0.2, 0.25) is 0 Å². The first-order valence-corrected chi connectivity index (χ1v) is 3.98. The molecule has 0 saturated carbocycles. The Morgan fingerprint density at radius 1 is 1.80 bits per heavy atom. The van der Waals surface area contributed by atoms with Crippen LogP contribution in [0.2, 0.25) is 0 Å². The van der Waals surface area contributed by atoms with E-state index in [-0.39, 0.29) is 0 Å². The van der Waals surface area contributed by atoms with Crippen LogP contribution in [-0.2, 0) is 0 Å². The van der Waals surface area contributed by atoms with Gasteiger partial charge in [-0.15, -0.1) is 0 Å². The fraction of sp³-hybridized carbons (Fsp3) is 0.778. The third kappa shape index (κ3) is 1.10. The van der Waals surface area contributed by atoms with Crippen LogP contribution in [0, 0.1) is 5.92 Å². The lowest BCUT2D eigenvalue weighted by Crippen LogP contribution is -2.30. The van der Waals surface area contributed by atoms with E-state index in [1.54, 1.807) is 0 Å². The quantitative estimate of drug-likeness (QED) is 0.553. The van der Waals surface area contributed by atoms with E-state index in [0.717, 1.165) is 12.8 Å². The van der Waals surface area contributed by atoms with Crippen molar-refractivity contribution in [1.29, 1.82) is 0 Å². The third-order valence-electron chi connectivity index (χ3n) is 2.58. The standard InChI is InChI=1S/C9H16O/c1-4-9(10)6-7(2)5-8(9)3/h5,8,10H,4,6H2,1-3H3. The molecule has 1 aliphatic carbocycles. The molecule has 0 aromatic carbocycles. The highest BCUT2D eigenvalue weighted by Crippen LogP contribution is 2.36. The summed E-state index contributed by atoms with van der Waals surface area (Å²) in [7, 11) is 0. The van der Waals surface area contributed by atoms with E-state index in [1.807, 2.05) is 6.92 Å². The predicted octanol–water partition coefficient (Wildman–Crippen LogP) is 2.11. The molecule has 0 bridgehead atoms. The van der Waals surface area contributed by atoms with Crippen molar-refractivity contribution >= 4 is 0 Å². The maximum absolute atomic E-state index is 9.89. The smallest absolute Gasteiger partial charge is 0.0741 e. The summed E-state index contributed by atoms with van der Waals surface area (Å²) in [6, 6.07) is 0. The Labute approximate surface area is 62.8 Å². The molecule has 0 radical (unpaired) electrons. The van der Waals surface area contributed by atoms with E-state index in [1.165, 1.54) is 5.57 Å². The van der Waals surface area contributed by atoms with Crippen LogP contribution in [-0.4, -0.2) is 10.7 Å². The van der Waals surface area contributed by atoms with Crippen molar-refractivity contribution in [2.75, 3.05) is 0 Å². The van der Waals surface area contributed by atoms with Gasteiger partial charge >= 0.3 is 0 Å². The zero-order valence-corrected chi connectivity index (χ0v) is 7.02. The van der Waals surface area contributed by atoms with Gasteiger partial charge in [-0.1, -0.05) is 25.5 Å². The lowest BCUT2D eigenvalue weighted by atomic mass is 9.89. The first kappa shape index (κ1) is 7.80. The Bertz CT molecular complexity index is 160. The highest BCUT2D eigenvalue weighted by molar-refractivity contribution is 5.16. The second-order valence-electron chi connectivity index (χ2n) is 3.44. The summed E-state index contributed by atoms with van der Waals surface area (Å²) in [5, 5.41) is 9.89. The lowest BCUT2D eigenvalue weighted by molar-refractivity contribution is 0.0127. The molecule has 0 spiro atoms. The first-order chi connectivity index (χ1) is 4.58. The average molecular weight is 140 g/mol. The van der Waals surface area contributed by atoms with Gasteiger partial charge < -0.3 is 5.11 Å². The van der Waals surface area contributed by atoms with Crippen LogP contribution in [0.5, 0.6) is 0 Å². The van der Waals surface area contributed by atoms with Crippen LogP contribution in [0.4, 0.5) is 0 Å². The molecule has 0 saturated heterocycles. The summed E-state index contributed by atoms with van der Waals surface area (Å²) in [4.78, 5) is 0. The first-order valence-electron chi connectivity index (χ1n) is 3.98. The van der Waals surface area contributed by atoms with Gasteiger partial charge in [0.1, 0.15) is 0 Å². The molecule has 0 amide bonds. The fourth-order valence-corrected chi connectivity index (χ4v) is 1.73. The van der Waals surface area contributed by atoms with Gasteiger partial charge in [0, 0.05) is 5.92 Å². The Morgan fingerprint density at radius 2 is 2.40 bits per heavy atom. The molecule has 1 rings (SSSR count). The van der Waals surface area contributed by atoms with Gasteiger partial charge in [0.25, 0.3) is 0 Å². The van der Waals surface area contributed by atoms with Crippen molar-refractivity contribution in [3.63, 3.8) is 0 Å². The number of aliphatic hydroxyl groups is 1. The minimum Gasteiger partial charge on any atom is -0.389 e. The highest BCUT2D eigenvalue weighted by atomic mass is 16.3. The zero-order chi connectivity index (χ0) is 7.78. The molecule has 0 aromatic rings.